The number of hydrogen-bond donors (Lipinski definition) is 0. The van der Waals surface area contributed by atoms with E-state index in [4.69, 9.17) is 19.8 Å². The second-order valence-corrected chi connectivity index (χ2v) is 8.84. The van der Waals surface area contributed by atoms with Gasteiger partial charge in [-0.15, -0.1) is 9.78 Å². The van der Waals surface area contributed by atoms with Gasteiger partial charge in [-0.1, -0.05) is 54.6 Å². The average Bonchev–Trinajstić information content (AvgIpc) is 3.23. The van der Waals surface area contributed by atoms with Gasteiger partial charge in [0, 0.05) is 13.3 Å². The predicted molar refractivity (Wildman–Crippen MR) is 144 cm³/mol. The maximum absolute atomic E-state index is 13.9. The van der Waals surface area contributed by atoms with E-state index in [1.807, 2.05) is 85.8 Å². The Hall–Kier alpha value is -4.85. The molecule has 6 aromatic rings. The number of benzene rings is 3. The molecule has 0 saturated carbocycles. The van der Waals surface area contributed by atoms with E-state index >= 15 is 0 Å². The second-order valence-electron chi connectivity index (χ2n) is 8.84. The van der Waals surface area contributed by atoms with Crippen molar-refractivity contribution in [2.24, 2.45) is 5.10 Å². The first-order valence-corrected chi connectivity index (χ1v) is 12.1. The van der Waals surface area contributed by atoms with Crippen molar-refractivity contribution in [3.63, 3.8) is 0 Å². The highest BCUT2D eigenvalue weighted by atomic mass is 16.5. The summed E-state index contributed by atoms with van der Waals surface area (Å²) < 4.78 is 8.69. The number of methoxy groups -OCH3 is 1. The first kappa shape index (κ1) is 22.6. The lowest BCUT2D eigenvalue weighted by molar-refractivity contribution is -0.368. The molecule has 0 radical (unpaired) electrons. The molecule has 3 heterocycles. The van der Waals surface area contributed by atoms with Gasteiger partial charge in [0.2, 0.25) is 11.5 Å². The van der Waals surface area contributed by atoms with Gasteiger partial charge in [-0.05, 0) is 35.4 Å². The first-order valence-electron chi connectivity index (χ1n) is 12.1. The van der Waals surface area contributed by atoms with Crippen molar-refractivity contribution >= 4 is 39.4 Å². The molecule has 3 aromatic heterocycles. The fourth-order valence-corrected chi connectivity index (χ4v) is 4.55. The van der Waals surface area contributed by atoms with Gasteiger partial charge in [-0.2, -0.15) is 0 Å². The zero-order valence-electron chi connectivity index (χ0n) is 20.5. The predicted octanol–water partition coefficient (Wildman–Crippen LogP) is 4.16. The minimum absolute atomic E-state index is 0.122. The Morgan fingerprint density at radius 3 is 2.38 bits per heavy atom. The summed E-state index contributed by atoms with van der Waals surface area (Å²) in [4.78, 5) is 27.0. The summed E-state index contributed by atoms with van der Waals surface area (Å²) in [5.41, 5.74) is 5.03. The quantitative estimate of drug-likeness (QED) is 0.329. The van der Waals surface area contributed by atoms with E-state index in [1.165, 1.54) is 0 Å². The largest absolute Gasteiger partial charge is 0.497 e. The molecule has 0 atom stereocenters. The number of para-hydroxylation sites is 2. The van der Waals surface area contributed by atoms with Crippen LogP contribution in [0, 0.1) is 6.92 Å². The molecule has 37 heavy (non-hydrogen) atoms. The third kappa shape index (κ3) is 4.12. The fraction of sp³-hybridized carbons (Fsp3) is 0.138. The third-order valence-electron chi connectivity index (χ3n) is 6.51. The molecule has 6 rings (SSSR count). The molecule has 0 unspecified atom stereocenters. The molecule has 8 nitrogen and oxygen atoms in total. The molecule has 182 valence electrons. The number of fused-ring (bicyclic) bond motifs is 4. The van der Waals surface area contributed by atoms with Gasteiger partial charge >= 0.3 is 5.56 Å². The number of ether oxygens (including phenoxy) is 1. The van der Waals surface area contributed by atoms with Crippen molar-refractivity contribution in [1.82, 2.24) is 19.2 Å². The Morgan fingerprint density at radius 2 is 1.65 bits per heavy atom. The Labute approximate surface area is 212 Å². The average molecular weight is 490 g/mol. The summed E-state index contributed by atoms with van der Waals surface area (Å²) >= 11 is 0. The number of aromatic amines is 1. The fourth-order valence-electron chi connectivity index (χ4n) is 4.55. The van der Waals surface area contributed by atoms with Crippen molar-refractivity contribution in [2.45, 2.75) is 19.9 Å². The van der Waals surface area contributed by atoms with Crippen molar-refractivity contribution < 1.29 is 9.72 Å². The summed E-state index contributed by atoms with van der Waals surface area (Å²) in [6.07, 6.45) is 2.46. The minimum atomic E-state index is -0.122. The van der Waals surface area contributed by atoms with Crippen molar-refractivity contribution in [1.29, 1.82) is 0 Å². The Bertz CT molecular complexity index is 1840. The summed E-state index contributed by atoms with van der Waals surface area (Å²) in [6.45, 7) is 2.42. The topological polar surface area (TPSA) is 88.4 Å². The number of nitrogens with zero attached hydrogens (tertiary/aromatic N) is 5. The molecule has 0 amide bonds. The molecular weight excluding hydrogens is 464 g/mol. The molecule has 3 aromatic carbocycles. The molecule has 8 heteroatoms. The summed E-state index contributed by atoms with van der Waals surface area (Å²) in [7, 11) is 1.65. The van der Waals surface area contributed by atoms with E-state index in [9.17, 15) is 4.79 Å². The smallest absolute Gasteiger partial charge is 0.323 e. The van der Waals surface area contributed by atoms with Crippen molar-refractivity contribution in [2.75, 3.05) is 7.11 Å². The Kier molecular flexibility index (Phi) is 5.69. The number of hydrogen-bond acceptors (Lipinski definition) is 5. The molecule has 0 aliphatic carbocycles. The van der Waals surface area contributed by atoms with Gasteiger partial charge in [0.05, 0.1) is 30.9 Å². The van der Waals surface area contributed by atoms with E-state index in [-0.39, 0.29) is 5.56 Å². The molecule has 0 bridgehead atoms. The van der Waals surface area contributed by atoms with Crippen LogP contribution in [-0.4, -0.2) is 32.5 Å². The highest BCUT2D eigenvalue weighted by molar-refractivity contribution is 6.03. The van der Waals surface area contributed by atoms with E-state index in [0.29, 0.717) is 35.2 Å². The number of aryl methyl sites for hydroxylation is 2. The standard InChI is InChI=1S/C29H24N6O2/c1-19-31-27-25(29(36)34(19)17-16-20-12-14-22(37-2)15-13-20)26-28(33-24-11-7-6-10-23(24)32-26)35(27)30-18-21-8-4-3-5-9-21/h3-15,18H,16-17H2,1-2H3/p+1/b30-18+. The van der Waals surface area contributed by atoms with Crippen LogP contribution in [-0.2, 0) is 13.0 Å². The summed E-state index contributed by atoms with van der Waals surface area (Å²) in [6, 6.07) is 25.4. The van der Waals surface area contributed by atoms with Gasteiger partial charge in [-0.3, -0.25) is 0 Å². The normalized spacial score (nSPS) is 11.7. The second kappa shape index (κ2) is 9.31. The van der Waals surface area contributed by atoms with Crippen LogP contribution in [0.1, 0.15) is 17.0 Å². The molecule has 0 saturated heterocycles. The highest BCUT2D eigenvalue weighted by Gasteiger charge is 2.26. The summed E-state index contributed by atoms with van der Waals surface area (Å²) in [5.74, 6) is 1.54. The van der Waals surface area contributed by atoms with Crippen LogP contribution in [0.15, 0.2) is 88.8 Å². The van der Waals surface area contributed by atoms with E-state index in [2.05, 4.69) is 4.98 Å². The molecule has 0 aliphatic heterocycles. The number of rotatable bonds is 6. The van der Waals surface area contributed by atoms with Crippen LogP contribution in [0.5, 0.6) is 5.75 Å². The maximum atomic E-state index is 13.9. The van der Waals surface area contributed by atoms with Gasteiger partial charge in [0.25, 0.3) is 5.65 Å². The lowest BCUT2D eigenvalue weighted by Crippen LogP contribution is -2.31. The minimum Gasteiger partial charge on any atom is -0.497 e. The van der Waals surface area contributed by atoms with Crippen molar-refractivity contribution in [3.8, 4) is 5.75 Å². The van der Waals surface area contributed by atoms with Crippen LogP contribution >= 0.6 is 0 Å². The van der Waals surface area contributed by atoms with Crippen LogP contribution < -0.4 is 15.3 Å². The SMILES string of the molecule is COc1ccc(CCn2c(C)[nH+]c3c(c2=O)c2nc4ccccc4nc2n3/N=C/c2ccccc2)cc1. The number of nitrogens with one attached hydrogen (secondary N) is 1. The molecule has 0 spiro atoms. The first-order chi connectivity index (χ1) is 18.1. The zero-order valence-corrected chi connectivity index (χ0v) is 20.5. The van der Waals surface area contributed by atoms with Crippen LogP contribution in [0.4, 0.5) is 0 Å². The maximum Gasteiger partial charge on any atom is 0.323 e. The van der Waals surface area contributed by atoms with E-state index in [0.717, 1.165) is 33.7 Å². The zero-order chi connectivity index (χ0) is 25.4. The molecule has 1 N–H and O–H groups in total. The lowest BCUT2D eigenvalue weighted by atomic mass is 10.1. The van der Waals surface area contributed by atoms with Crippen LogP contribution in [0.3, 0.4) is 0 Å². The molecule has 0 aliphatic rings. The van der Waals surface area contributed by atoms with Crippen LogP contribution in [0.2, 0.25) is 0 Å². The lowest BCUT2D eigenvalue weighted by Gasteiger charge is -2.06. The highest BCUT2D eigenvalue weighted by Crippen LogP contribution is 2.24. The van der Waals surface area contributed by atoms with Crippen LogP contribution in [0.25, 0.3) is 33.2 Å². The van der Waals surface area contributed by atoms with E-state index in [1.54, 1.807) is 22.6 Å². The summed E-state index contributed by atoms with van der Waals surface area (Å²) in [5, 5.41) is 5.19. The molecule has 0 fully saturated rings. The van der Waals surface area contributed by atoms with Gasteiger partial charge < -0.3 is 4.74 Å². The Morgan fingerprint density at radius 1 is 0.946 bits per heavy atom. The third-order valence-corrected chi connectivity index (χ3v) is 6.51. The van der Waals surface area contributed by atoms with Gasteiger partial charge in [-0.25, -0.2) is 24.3 Å². The monoisotopic (exact) mass is 489 g/mol. The Balaban J connectivity index is 1.52. The number of aromatic nitrogens is 5. The van der Waals surface area contributed by atoms with Gasteiger partial charge in [0.1, 0.15) is 11.3 Å². The molecular formula is C29H25N6O2+. The van der Waals surface area contributed by atoms with E-state index < -0.39 is 0 Å². The van der Waals surface area contributed by atoms with Gasteiger partial charge in [0.15, 0.2) is 5.39 Å². The van der Waals surface area contributed by atoms with Crippen molar-refractivity contribution in [3.05, 3.63) is 106 Å². The number of H-pyrrole nitrogens is 1.